The number of hydrogen-bond donors (Lipinski definition) is 0. The number of carbonyl (C=O) groups excluding carboxylic acids is 3. The quantitative estimate of drug-likeness (QED) is 0.0201. The van der Waals surface area contributed by atoms with Crippen LogP contribution in [0, 0.1) is 0 Å². The van der Waals surface area contributed by atoms with E-state index in [0.29, 0.717) is 19.3 Å². The SMILES string of the molecule is CC\C=C/C=C\C=C/C=C\C=C/CCCCCC(=O)OC(COC(=O)CCC/C=C\C/C=C\C/C=C\C/C=C\CCCCC)COC(=O)CCCCCC/C=C\CCCC. The van der Waals surface area contributed by atoms with Gasteiger partial charge in [-0.15, -0.1) is 0 Å². The largest absolute Gasteiger partial charge is 0.462 e. The predicted molar refractivity (Wildman–Crippen MR) is 256 cm³/mol. The van der Waals surface area contributed by atoms with Crippen molar-refractivity contribution in [3.8, 4) is 0 Å². The van der Waals surface area contributed by atoms with Crippen LogP contribution >= 0.6 is 0 Å². The topological polar surface area (TPSA) is 78.9 Å². The highest BCUT2D eigenvalue weighted by atomic mass is 16.6. The summed E-state index contributed by atoms with van der Waals surface area (Å²) in [5.41, 5.74) is 0. The summed E-state index contributed by atoms with van der Waals surface area (Å²) >= 11 is 0. The average Bonchev–Trinajstić information content (AvgIpc) is 3.24. The molecule has 0 rings (SSSR count). The van der Waals surface area contributed by atoms with E-state index in [2.05, 4.69) is 93.7 Å². The van der Waals surface area contributed by atoms with Gasteiger partial charge in [-0.1, -0.05) is 187 Å². The molecule has 0 aliphatic heterocycles. The third-order valence-electron chi connectivity index (χ3n) is 9.30. The second-order valence-electron chi connectivity index (χ2n) is 15.0. The van der Waals surface area contributed by atoms with Crippen molar-refractivity contribution in [3.63, 3.8) is 0 Å². The Balaban J connectivity index is 4.58. The molecule has 0 N–H and O–H groups in total. The maximum atomic E-state index is 12.7. The maximum Gasteiger partial charge on any atom is 0.306 e. The first-order chi connectivity index (χ1) is 29.5. The Hall–Kier alpha value is -4.19. The van der Waals surface area contributed by atoms with Crippen molar-refractivity contribution in [3.05, 3.63) is 122 Å². The molecule has 1 unspecified atom stereocenters. The van der Waals surface area contributed by atoms with Crippen molar-refractivity contribution < 1.29 is 28.6 Å². The molecule has 1 atom stereocenters. The van der Waals surface area contributed by atoms with E-state index in [0.717, 1.165) is 89.9 Å². The van der Waals surface area contributed by atoms with Crippen molar-refractivity contribution in [1.82, 2.24) is 0 Å². The maximum absolute atomic E-state index is 12.7. The molecule has 60 heavy (non-hydrogen) atoms. The lowest BCUT2D eigenvalue weighted by Crippen LogP contribution is -2.30. The Bertz CT molecular complexity index is 1320. The van der Waals surface area contributed by atoms with Crippen LogP contribution in [0.4, 0.5) is 0 Å². The zero-order chi connectivity index (χ0) is 43.7. The minimum absolute atomic E-state index is 0.123. The molecule has 0 radical (unpaired) electrons. The number of allylic oxidation sites excluding steroid dienone is 20. The lowest BCUT2D eigenvalue weighted by atomic mass is 10.1. The molecular weight excluding hydrogens is 745 g/mol. The molecule has 0 bridgehead atoms. The van der Waals surface area contributed by atoms with E-state index < -0.39 is 6.10 Å². The van der Waals surface area contributed by atoms with Gasteiger partial charge in [0.2, 0.25) is 0 Å². The second kappa shape index (κ2) is 47.5. The number of esters is 3. The minimum Gasteiger partial charge on any atom is -0.462 e. The summed E-state index contributed by atoms with van der Waals surface area (Å²) < 4.78 is 16.6. The summed E-state index contributed by atoms with van der Waals surface area (Å²) in [6.45, 7) is 6.29. The Morgan fingerprint density at radius 1 is 0.367 bits per heavy atom. The highest BCUT2D eigenvalue weighted by Crippen LogP contribution is 2.11. The van der Waals surface area contributed by atoms with Crippen LogP contribution in [0.5, 0.6) is 0 Å². The summed E-state index contributed by atoms with van der Waals surface area (Å²) in [5, 5.41) is 0. The first kappa shape index (κ1) is 55.8. The van der Waals surface area contributed by atoms with Crippen LogP contribution in [-0.2, 0) is 28.6 Å². The highest BCUT2D eigenvalue weighted by Gasteiger charge is 2.19. The normalized spacial score (nSPS) is 13.2. The van der Waals surface area contributed by atoms with Gasteiger partial charge in [-0.25, -0.2) is 0 Å². The molecule has 0 spiro atoms. The average molecular weight is 829 g/mol. The van der Waals surface area contributed by atoms with E-state index in [-0.39, 0.29) is 44.0 Å². The molecule has 0 amide bonds. The molecule has 0 aliphatic carbocycles. The van der Waals surface area contributed by atoms with Crippen molar-refractivity contribution in [2.45, 2.75) is 187 Å². The van der Waals surface area contributed by atoms with E-state index in [1.807, 2.05) is 48.6 Å². The predicted octanol–water partition coefficient (Wildman–Crippen LogP) is 15.4. The highest BCUT2D eigenvalue weighted by molar-refractivity contribution is 5.71. The molecule has 336 valence electrons. The molecule has 0 heterocycles. The Labute approximate surface area is 367 Å². The van der Waals surface area contributed by atoms with Gasteiger partial charge in [0, 0.05) is 19.3 Å². The standard InChI is InChI=1S/C54H84O6/c1-4-7-10-13-16-19-22-24-26-27-29-30-32-35-38-41-44-47-53(56)59-50-51(49-58-52(55)46-43-40-37-34-21-18-15-12-9-6-3)60-54(57)48-45-42-39-36-33-31-28-25-23-20-17-14-11-8-5-2/h8,11,14-20,23-26,28-31,33,35,38,51H,4-7,9-10,12-13,21-22,27,32,34,36-37,39-50H2,1-3H3/b11-8-,17-14-,18-15-,19-16-,23-20-,26-24-,28-25-,30-29-,33-31-,38-35-. The summed E-state index contributed by atoms with van der Waals surface area (Å²) in [4.78, 5) is 37.8. The van der Waals surface area contributed by atoms with Crippen LogP contribution in [0.2, 0.25) is 0 Å². The number of ether oxygens (including phenoxy) is 3. The number of unbranched alkanes of at least 4 members (excludes halogenated alkanes) is 13. The van der Waals surface area contributed by atoms with Crippen LogP contribution in [0.25, 0.3) is 0 Å². The Morgan fingerprint density at radius 2 is 0.750 bits per heavy atom. The fourth-order valence-electron chi connectivity index (χ4n) is 5.73. The smallest absolute Gasteiger partial charge is 0.306 e. The monoisotopic (exact) mass is 829 g/mol. The van der Waals surface area contributed by atoms with E-state index in [9.17, 15) is 14.4 Å². The van der Waals surface area contributed by atoms with E-state index >= 15 is 0 Å². The van der Waals surface area contributed by atoms with E-state index in [1.54, 1.807) is 0 Å². The molecule has 0 aromatic rings. The van der Waals surface area contributed by atoms with Crippen molar-refractivity contribution in [2.24, 2.45) is 0 Å². The van der Waals surface area contributed by atoms with E-state index in [1.165, 1.54) is 38.5 Å². The molecule has 0 saturated heterocycles. The number of carbonyl (C=O) groups is 3. The summed E-state index contributed by atoms with van der Waals surface area (Å²) in [5.74, 6) is -1.05. The summed E-state index contributed by atoms with van der Waals surface area (Å²) in [6.07, 6.45) is 64.7. The first-order valence-electron chi connectivity index (χ1n) is 23.6. The third-order valence-corrected chi connectivity index (χ3v) is 9.30. The molecule has 0 aromatic heterocycles. The minimum atomic E-state index is -0.828. The van der Waals surface area contributed by atoms with Crippen molar-refractivity contribution in [2.75, 3.05) is 13.2 Å². The summed E-state index contributed by atoms with van der Waals surface area (Å²) in [7, 11) is 0. The molecule has 6 heteroatoms. The third kappa shape index (κ3) is 44.9. The van der Waals surface area contributed by atoms with Gasteiger partial charge in [-0.05, 0) is 96.3 Å². The lowest BCUT2D eigenvalue weighted by molar-refractivity contribution is -0.167. The molecular formula is C54H84O6. The first-order valence-corrected chi connectivity index (χ1v) is 23.6. The van der Waals surface area contributed by atoms with Gasteiger partial charge in [0.25, 0.3) is 0 Å². The van der Waals surface area contributed by atoms with Gasteiger partial charge in [-0.3, -0.25) is 14.4 Å². The Kier molecular flexibility index (Phi) is 44.2. The second-order valence-corrected chi connectivity index (χ2v) is 15.0. The fourth-order valence-corrected chi connectivity index (χ4v) is 5.73. The lowest BCUT2D eigenvalue weighted by Gasteiger charge is -2.18. The number of rotatable bonds is 40. The zero-order valence-electron chi connectivity index (χ0n) is 38.2. The number of hydrogen-bond acceptors (Lipinski definition) is 6. The summed E-state index contributed by atoms with van der Waals surface area (Å²) in [6, 6.07) is 0. The van der Waals surface area contributed by atoms with Crippen LogP contribution in [0.1, 0.15) is 181 Å². The molecule has 0 aromatic carbocycles. The van der Waals surface area contributed by atoms with E-state index in [4.69, 9.17) is 14.2 Å². The fraction of sp³-hybridized carbons (Fsp3) is 0.574. The van der Waals surface area contributed by atoms with Gasteiger partial charge >= 0.3 is 17.9 Å². The van der Waals surface area contributed by atoms with Crippen molar-refractivity contribution >= 4 is 17.9 Å². The van der Waals surface area contributed by atoms with Crippen LogP contribution in [0.3, 0.4) is 0 Å². The van der Waals surface area contributed by atoms with Gasteiger partial charge in [0.15, 0.2) is 6.10 Å². The van der Waals surface area contributed by atoms with Gasteiger partial charge in [-0.2, -0.15) is 0 Å². The molecule has 0 fully saturated rings. The van der Waals surface area contributed by atoms with Gasteiger partial charge in [0.05, 0.1) is 0 Å². The van der Waals surface area contributed by atoms with Crippen molar-refractivity contribution in [1.29, 1.82) is 0 Å². The van der Waals surface area contributed by atoms with Gasteiger partial charge < -0.3 is 14.2 Å². The van der Waals surface area contributed by atoms with Gasteiger partial charge in [0.1, 0.15) is 13.2 Å². The van der Waals surface area contributed by atoms with Crippen LogP contribution < -0.4 is 0 Å². The molecule has 0 aliphatic rings. The van der Waals surface area contributed by atoms with Crippen LogP contribution in [-0.4, -0.2) is 37.2 Å². The molecule has 0 saturated carbocycles. The Morgan fingerprint density at radius 3 is 1.30 bits per heavy atom. The van der Waals surface area contributed by atoms with Crippen LogP contribution in [0.15, 0.2) is 122 Å². The molecule has 6 nitrogen and oxygen atoms in total. The zero-order valence-corrected chi connectivity index (χ0v) is 38.2.